The van der Waals surface area contributed by atoms with Gasteiger partial charge in [-0.25, -0.2) is 0 Å². The lowest BCUT2D eigenvalue weighted by atomic mass is 9.98. The number of rotatable bonds is 1. The number of thiophene rings is 2. The molecular formula is C20H18S2. The molecule has 0 aliphatic rings. The van der Waals surface area contributed by atoms with Crippen molar-refractivity contribution in [1.29, 1.82) is 0 Å². The van der Waals surface area contributed by atoms with Crippen molar-refractivity contribution in [2.24, 2.45) is 0 Å². The molecule has 0 spiro atoms. The molecule has 22 heavy (non-hydrogen) atoms. The number of fused-ring (bicyclic) bond motifs is 6. The summed E-state index contributed by atoms with van der Waals surface area (Å²) in [6.07, 6.45) is 4.34. The van der Waals surface area contributed by atoms with E-state index >= 15 is 0 Å². The van der Waals surface area contributed by atoms with Gasteiger partial charge in [0.15, 0.2) is 0 Å². The molecule has 0 fully saturated rings. The van der Waals surface area contributed by atoms with Crippen molar-refractivity contribution in [3.8, 4) is 0 Å². The number of hydrogen-bond donors (Lipinski definition) is 0. The Hall–Kier alpha value is -1.64. The third-order valence-electron chi connectivity index (χ3n) is 4.36. The van der Waals surface area contributed by atoms with Gasteiger partial charge in [0.2, 0.25) is 0 Å². The van der Waals surface area contributed by atoms with Crippen LogP contribution in [0.1, 0.15) is 27.8 Å². The lowest BCUT2D eigenvalue weighted by Crippen LogP contribution is -1.83. The summed E-state index contributed by atoms with van der Waals surface area (Å²) >= 11 is 3.84. The Kier molecular flexibility index (Phi) is 3.14. The topological polar surface area (TPSA) is 0 Å². The summed E-state index contributed by atoms with van der Waals surface area (Å²) in [7, 11) is 0. The van der Waals surface area contributed by atoms with E-state index in [1.165, 1.54) is 51.8 Å². The molecule has 0 saturated carbocycles. The van der Waals surface area contributed by atoms with Gasteiger partial charge >= 0.3 is 0 Å². The highest BCUT2D eigenvalue weighted by Gasteiger charge is 2.14. The minimum absolute atomic E-state index is 1.34. The molecule has 4 rings (SSSR count). The van der Waals surface area contributed by atoms with Crippen LogP contribution in [-0.4, -0.2) is 0 Å². The van der Waals surface area contributed by atoms with Crippen molar-refractivity contribution in [1.82, 2.24) is 0 Å². The predicted molar refractivity (Wildman–Crippen MR) is 104 cm³/mol. The maximum absolute atomic E-state index is 2.37. The Balaban J connectivity index is 2.30. The van der Waals surface area contributed by atoms with E-state index in [1.54, 1.807) is 0 Å². The van der Waals surface area contributed by atoms with Crippen molar-refractivity contribution in [2.75, 3.05) is 0 Å². The summed E-state index contributed by atoms with van der Waals surface area (Å²) in [4.78, 5) is 2.73. The van der Waals surface area contributed by atoms with E-state index in [-0.39, 0.29) is 0 Å². The van der Waals surface area contributed by atoms with E-state index in [9.17, 15) is 0 Å². The number of aryl methyl sites for hydroxylation is 3. The molecule has 0 unspecified atom stereocenters. The van der Waals surface area contributed by atoms with Gasteiger partial charge in [-0.05, 0) is 67.8 Å². The molecule has 0 aliphatic carbocycles. The molecule has 2 heterocycles. The monoisotopic (exact) mass is 322 g/mol. The first kappa shape index (κ1) is 14.0. The Morgan fingerprint density at radius 1 is 0.727 bits per heavy atom. The van der Waals surface area contributed by atoms with Crippen molar-refractivity contribution in [3.63, 3.8) is 0 Å². The van der Waals surface area contributed by atoms with Gasteiger partial charge in [0.25, 0.3) is 0 Å². The first-order valence-corrected chi connectivity index (χ1v) is 9.21. The standard InChI is InChI=1S/C20H18S2/c1-5-6-14-10-18-16-8-12(3)11(2)7-15(16)17-9-13(4)21-19(17)20(18)22-14/h5-10H,1-4H3/b6-5+. The van der Waals surface area contributed by atoms with Crippen LogP contribution in [0.2, 0.25) is 0 Å². The fourth-order valence-corrected chi connectivity index (χ4v) is 5.50. The lowest BCUT2D eigenvalue weighted by molar-refractivity contribution is 1.37. The molecule has 4 aromatic rings. The maximum Gasteiger partial charge on any atom is 0.0534 e. The summed E-state index contributed by atoms with van der Waals surface area (Å²) < 4.78 is 2.89. The van der Waals surface area contributed by atoms with E-state index in [0.717, 1.165) is 0 Å². The largest absolute Gasteiger partial charge is 0.139 e. The number of hydrogen-bond acceptors (Lipinski definition) is 2. The van der Waals surface area contributed by atoms with Crippen LogP contribution >= 0.6 is 22.7 Å². The Labute approximate surface area is 138 Å². The van der Waals surface area contributed by atoms with Crippen molar-refractivity contribution < 1.29 is 0 Å². The zero-order valence-electron chi connectivity index (χ0n) is 13.3. The zero-order chi connectivity index (χ0) is 15.4. The van der Waals surface area contributed by atoms with Gasteiger partial charge in [-0.1, -0.05) is 18.2 Å². The molecule has 0 nitrogen and oxygen atoms in total. The van der Waals surface area contributed by atoms with E-state index in [1.807, 2.05) is 22.7 Å². The highest BCUT2D eigenvalue weighted by Crippen LogP contribution is 2.44. The fourth-order valence-electron chi connectivity index (χ4n) is 3.17. The van der Waals surface area contributed by atoms with Crippen LogP contribution in [0.5, 0.6) is 0 Å². The molecule has 0 radical (unpaired) electrons. The Bertz CT molecular complexity index is 1060. The summed E-state index contributed by atoms with van der Waals surface area (Å²) in [5.41, 5.74) is 2.75. The fraction of sp³-hybridized carbons (Fsp3) is 0.200. The summed E-state index contributed by atoms with van der Waals surface area (Å²) in [5.74, 6) is 0. The number of allylic oxidation sites excluding steroid dienone is 1. The molecule has 0 saturated heterocycles. The lowest BCUT2D eigenvalue weighted by Gasteiger charge is -2.07. The van der Waals surface area contributed by atoms with Crippen LogP contribution in [0, 0.1) is 20.8 Å². The average Bonchev–Trinajstić information content (AvgIpc) is 3.05. The molecule has 0 atom stereocenters. The molecule has 2 heteroatoms. The van der Waals surface area contributed by atoms with Crippen molar-refractivity contribution >= 4 is 59.7 Å². The summed E-state index contributed by atoms with van der Waals surface area (Å²) in [6, 6.07) is 9.44. The quantitative estimate of drug-likeness (QED) is 0.347. The molecule has 2 aromatic heterocycles. The van der Waals surface area contributed by atoms with Crippen molar-refractivity contribution in [3.05, 3.63) is 51.2 Å². The van der Waals surface area contributed by atoms with Gasteiger partial charge in [0, 0.05) is 20.5 Å². The zero-order valence-corrected chi connectivity index (χ0v) is 14.9. The second kappa shape index (κ2) is 4.94. The maximum atomic E-state index is 2.37. The van der Waals surface area contributed by atoms with Gasteiger partial charge in [-0.3, -0.25) is 0 Å². The van der Waals surface area contributed by atoms with Gasteiger partial charge in [-0.15, -0.1) is 22.7 Å². The van der Waals surface area contributed by atoms with Crippen LogP contribution in [-0.2, 0) is 0 Å². The molecule has 0 amide bonds. The second-order valence-corrected chi connectivity index (χ2v) is 8.31. The van der Waals surface area contributed by atoms with Crippen LogP contribution in [0.15, 0.2) is 30.3 Å². The second-order valence-electron chi connectivity index (χ2n) is 5.97. The minimum Gasteiger partial charge on any atom is -0.139 e. The van der Waals surface area contributed by atoms with Crippen LogP contribution < -0.4 is 0 Å². The summed E-state index contributed by atoms with van der Waals surface area (Å²) in [5, 5.41) is 5.63. The van der Waals surface area contributed by atoms with E-state index in [2.05, 4.69) is 64.1 Å². The van der Waals surface area contributed by atoms with E-state index in [4.69, 9.17) is 0 Å². The van der Waals surface area contributed by atoms with Gasteiger partial charge in [-0.2, -0.15) is 0 Å². The smallest absolute Gasteiger partial charge is 0.0534 e. The van der Waals surface area contributed by atoms with Crippen molar-refractivity contribution in [2.45, 2.75) is 27.7 Å². The van der Waals surface area contributed by atoms with Crippen LogP contribution in [0.25, 0.3) is 37.0 Å². The molecule has 0 aliphatic heterocycles. The first-order chi connectivity index (χ1) is 10.6. The molecule has 0 bridgehead atoms. The average molecular weight is 322 g/mol. The Morgan fingerprint density at radius 3 is 1.95 bits per heavy atom. The third-order valence-corrected chi connectivity index (χ3v) is 6.67. The molecule has 0 N–H and O–H groups in total. The van der Waals surface area contributed by atoms with Gasteiger partial charge < -0.3 is 0 Å². The van der Waals surface area contributed by atoms with E-state index < -0.39 is 0 Å². The van der Waals surface area contributed by atoms with Crippen LogP contribution in [0.3, 0.4) is 0 Å². The molecule has 2 aromatic carbocycles. The molecule has 110 valence electrons. The first-order valence-electron chi connectivity index (χ1n) is 7.58. The normalized spacial score (nSPS) is 12.4. The third kappa shape index (κ3) is 1.94. The molecular weight excluding hydrogens is 304 g/mol. The SMILES string of the molecule is C/C=C/c1cc2c3cc(C)c(C)cc3c3cc(C)sc3c2s1. The van der Waals surface area contributed by atoms with E-state index in [0.29, 0.717) is 0 Å². The number of benzene rings is 2. The highest BCUT2D eigenvalue weighted by molar-refractivity contribution is 7.28. The highest BCUT2D eigenvalue weighted by atomic mass is 32.1. The van der Waals surface area contributed by atoms with Gasteiger partial charge in [0.05, 0.1) is 9.40 Å². The summed E-state index contributed by atoms with van der Waals surface area (Å²) in [6.45, 7) is 8.72. The predicted octanol–water partition coefficient (Wildman–Crippen LogP) is 7.23. The van der Waals surface area contributed by atoms with Crippen LogP contribution in [0.4, 0.5) is 0 Å². The minimum atomic E-state index is 1.34. The Morgan fingerprint density at radius 2 is 1.32 bits per heavy atom. The van der Waals surface area contributed by atoms with Gasteiger partial charge in [0.1, 0.15) is 0 Å².